The molecule has 1 saturated heterocycles. The molecule has 0 bridgehead atoms. The van der Waals surface area contributed by atoms with Crippen LogP contribution in [0.15, 0.2) is 10.2 Å². The highest BCUT2D eigenvalue weighted by Gasteiger charge is 2.28. The molecule has 2 rings (SSSR count). The first-order valence-corrected chi connectivity index (χ1v) is 6.78. The molecule has 0 radical (unpaired) electrons. The number of hydrogen-bond donors (Lipinski definition) is 1. The number of rotatable bonds is 2. The molecule has 1 aliphatic heterocycles. The van der Waals surface area contributed by atoms with E-state index in [1.807, 2.05) is 6.92 Å². The predicted molar refractivity (Wildman–Crippen MR) is 67.8 cm³/mol. The van der Waals surface area contributed by atoms with Crippen LogP contribution in [0.4, 0.5) is 0 Å². The summed E-state index contributed by atoms with van der Waals surface area (Å²) in [6.45, 7) is 2.01. The van der Waals surface area contributed by atoms with Crippen molar-refractivity contribution in [3.05, 3.63) is 0 Å². The largest absolute Gasteiger partial charge is 0.303 e. The van der Waals surface area contributed by atoms with Crippen molar-refractivity contribution in [3.8, 4) is 0 Å². The highest BCUT2D eigenvalue weighted by molar-refractivity contribution is 8.15. The Morgan fingerprint density at radius 1 is 1.31 bits per heavy atom. The van der Waals surface area contributed by atoms with Crippen LogP contribution in [0, 0.1) is 0 Å². The van der Waals surface area contributed by atoms with Crippen molar-refractivity contribution in [2.45, 2.75) is 50.7 Å². The third kappa shape index (κ3) is 2.84. The highest BCUT2D eigenvalue weighted by atomic mass is 32.2. The maximum Gasteiger partial charge on any atom is 0.239 e. The van der Waals surface area contributed by atoms with E-state index >= 15 is 0 Å². The van der Waals surface area contributed by atoms with Gasteiger partial charge in [-0.25, -0.2) is 0 Å². The zero-order chi connectivity index (χ0) is 11.4. The van der Waals surface area contributed by atoms with Crippen molar-refractivity contribution < 1.29 is 4.79 Å². The van der Waals surface area contributed by atoms with E-state index in [4.69, 9.17) is 0 Å². The summed E-state index contributed by atoms with van der Waals surface area (Å²) >= 11 is 1.49. The van der Waals surface area contributed by atoms with Crippen LogP contribution in [0.1, 0.15) is 45.4 Å². The lowest BCUT2D eigenvalue weighted by atomic mass is 9.99. The SMILES string of the molecule is CCC1S/C(=N/N=C2CCCCC2)NC1=O. The molecule has 2 fully saturated rings. The summed E-state index contributed by atoms with van der Waals surface area (Å²) in [5.74, 6) is 0.0649. The molecule has 1 aliphatic carbocycles. The monoisotopic (exact) mass is 239 g/mol. The topological polar surface area (TPSA) is 53.8 Å². The summed E-state index contributed by atoms with van der Waals surface area (Å²) in [6, 6.07) is 0. The fourth-order valence-corrected chi connectivity index (χ4v) is 2.75. The lowest BCUT2D eigenvalue weighted by molar-refractivity contribution is -0.118. The molecular formula is C11H17N3OS. The summed E-state index contributed by atoms with van der Waals surface area (Å²) in [5.41, 5.74) is 1.17. The second-order valence-electron chi connectivity index (χ2n) is 4.14. The summed E-state index contributed by atoms with van der Waals surface area (Å²) in [4.78, 5) is 11.4. The minimum atomic E-state index is 0.0188. The fourth-order valence-electron chi connectivity index (χ4n) is 1.90. The molecule has 1 amide bonds. The number of amidine groups is 1. The van der Waals surface area contributed by atoms with Gasteiger partial charge in [-0.15, -0.1) is 5.10 Å². The molecule has 1 saturated carbocycles. The van der Waals surface area contributed by atoms with Gasteiger partial charge in [-0.3, -0.25) is 4.79 Å². The van der Waals surface area contributed by atoms with Crippen LogP contribution in [0.2, 0.25) is 0 Å². The van der Waals surface area contributed by atoms with E-state index < -0.39 is 0 Å². The normalized spacial score (nSPS) is 28.3. The van der Waals surface area contributed by atoms with Gasteiger partial charge in [0.2, 0.25) is 5.91 Å². The van der Waals surface area contributed by atoms with Crippen molar-refractivity contribution in [2.24, 2.45) is 10.2 Å². The number of amides is 1. The van der Waals surface area contributed by atoms with Crippen molar-refractivity contribution in [3.63, 3.8) is 0 Å². The molecule has 4 nitrogen and oxygen atoms in total. The average Bonchev–Trinajstić information content (AvgIpc) is 2.69. The van der Waals surface area contributed by atoms with Gasteiger partial charge < -0.3 is 5.32 Å². The van der Waals surface area contributed by atoms with Crippen LogP contribution in [-0.2, 0) is 4.79 Å². The van der Waals surface area contributed by atoms with E-state index in [9.17, 15) is 4.79 Å². The standard InChI is InChI=1S/C11H17N3OS/c1-2-9-10(15)12-11(16-9)14-13-8-6-4-3-5-7-8/h9H,2-7H2,1H3,(H,12,14,15). The lowest BCUT2D eigenvalue weighted by Crippen LogP contribution is -2.24. The smallest absolute Gasteiger partial charge is 0.239 e. The van der Waals surface area contributed by atoms with E-state index in [0.717, 1.165) is 19.3 Å². The quantitative estimate of drug-likeness (QED) is 0.752. The molecule has 0 aromatic carbocycles. The van der Waals surface area contributed by atoms with Gasteiger partial charge in [0, 0.05) is 5.71 Å². The van der Waals surface area contributed by atoms with Gasteiger partial charge in [0.1, 0.15) is 0 Å². The number of nitrogens with zero attached hydrogens (tertiary/aromatic N) is 2. The molecule has 0 aromatic heterocycles. The molecule has 0 aromatic rings. The second-order valence-corrected chi connectivity index (χ2v) is 5.33. The van der Waals surface area contributed by atoms with Crippen molar-refractivity contribution >= 4 is 28.5 Å². The van der Waals surface area contributed by atoms with E-state index in [2.05, 4.69) is 15.5 Å². The number of carbonyl (C=O) groups is 1. The number of carbonyl (C=O) groups excluding carboxylic acids is 1. The number of thioether (sulfide) groups is 1. The average molecular weight is 239 g/mol. The Kier molecular flexibility index (Phi) is 3.98. The van der Waals surface area contributed by atoms with E-state index in [-0.39, 0.29) is 11.2 Å². The Labute approximate surface area is 100.0 Å². The number of hydrogen-bond acceptors (Lipinski definition) is 4. The summed E-state index contributed by atoms with van der Waals surface area (Å²) in [6.07, 6.45) is 6.71. The van der Waals surface area contributed by atoms with Gasteiger partial charge in [-0.05, 0) is 32.1 Å². The Morgan fingerprint density at radius 3 is 2.69 bits per heavy atom. The molecule has 1 heterocycles. The minimum Gasteiger partial charge on any atom is -0.303 e. The molecule has 16 heavy (non-hydrogen) atoms. The zero-order valence-electron chi connectivity index (χ0n) is 9.53. The summed E-state index contributed by atoms with van der Waals surface area (Å²) < 4.78 is 0. The molecule has 88 valence electrons. The van der Waals surface area contributed by atoms with Crippen LogP contribution < -0.4 is 5.32 Å². The third-order valence-corrected chi connectivity index (χ3v) is 4.10. The van der Waals surface area contributed by atoms with Gasteiger partial charge in [0.05, 0.1) is 5.25 Å². The first-order chi connectivity index (χ1) is 7.79. The Bertz CT molecular complexity index is 330. The molecule has 1 atom stereocenters. The van der Waals surface area contributed by atoms with E-state index in [0.29, 0.717) is 5.17 Å². The number of nitrogens with one attached hydrogen (secondary N) is 1. The Balaban J connectivity index is 1.95. The molecule has 2 aliphatic rings. The van der Waals surface area contributed by atoms with Gasteiger partial charge in [0.15, 0.2) is 5.17 Å². The van der Waals surface area contributed by atoms with Crippen LogP contribution in [0.25, 0.3) is 0 Å². The van der Waals surface area contributed by atoms with Crippen LogP contribution in [0.5, 0.6) is 0 Å². The van der Waals surface area contributed by atoms with Crippen molar-refractivity contribution in [1.82, 2.24) is 5.32 Å². The van der Waals surface area contributed by atoms with Crippen LogP contribution >= 0.6 is 11.8 Å². The predicted octanol–water partition coefficient (Wildman–Crippen LogP) is 2.30. The Morgan fingerprint density at radius 2 is 2.06 bits per heavy atom. The maximum absolute atomic E-state index is 11.4. The second kappa shape index (κ2) is 5.48. The lowest BCUT2D eigenvalue weighted by Gasteiger charge is -2.10. The fraction of sp³-hybridized carbons (Fsp3) is 0.727. The van der Waals surface area contributed by atoms with Crippen LogP contribution in [-0.4, -0.2) is 22.0 Å². The minimum absolute atomic E-state index is 0.0188. The van der Waals surface area contributed by atoms with Crippen molar-refractivity contribution in [1.29, 1.82) is 0 Å². The van der Waals surface area contributed by atoms with E-state index in [1.54, 1.807) is 0 Å². The molecule has 5 heteroatoms. The molecule has 0 spiro atoms. The third-order valence-electron chi connectivity index (χ3n) is 2.86. The summed E-state index contributed by atoms with van der Waals surface area (Å²) in [7, 11) is 0. The molecule has 1 unspecified atom stereocenters. The van der Waals surface area contributed by atoms with Gasteiger partial charge >= 0.3 is 0 Å². The summed E-state index contributed by atoms with van der Waals surface area (Å²) in [5, 5.41) is 11.8. The van der Waals surface area contributed by atoms with Gasteiger partial charge in [-0.1, -0.05) is 25.1 Å². The zero-order valence-corrected chi connectivity index (χ0v) is 10.3. The van der Waals surface area contributed by atoms with Gasteiger partial charge in [0.25, 0.3) is 0 Å². The van der Waals surface area contributed by atoms with Gasteiger partial charge in [-0.2, -0.15) is 5.10 Å². The van der Waals surface area contributed by atoms with E-state index in [1.165, 1.54) is 36.7 Å². The van der Waals surface area contributed by atoms with Crippen molar-refractivity contribution in [2.75, 3.05) is 0 Å². The molecular weight excluding hydrogens is 222 g/mol. The molecule has 1 N–H and O–H groups in total. The first-order valence-electron chi connectivity index (χ1n) is 5.90. The Hall–Kier alpha value is -0.840. The highest BCUT2D eigenvalue weighted by Crippen LogP contribution is 2.22. The van der Waals surface area contributed by atoms with Crippen LogP contribution in [0.3, 0.4) is 0 Å². The maximum atomic E-state index is 11.4. The first kappa shape index (κ1) is 11.6.